The van der Waals surface area contributed by atoms with E-state index in [9.17, 15) is 14.0 Å². The van der Waals surface area contributed by atoms with Crippen LogP contribution in [0.1, 0.15) is 25.7 Å². The number of nitrogens with one attached hydrogen (secondary N) is 1. The highest BCUT2D eigenvalue weighted by atomic mass is 35.5. The van der Waals surface area contributed by atoms with Gasteiger partial charge in [0.15, 0.2) is 0 Å². The number of carbonyl (C=O) groups excluding carboxylic acids is 1. The van der Waals surface area contributed by atoms with Gasteiger partial charge in [-0.05, 0) is 43.9 Å². The minimum atomic E-state index is -0.802. The van der Waals surface area contributed by atoms with Crippen molar-refractivity contribution in [3.05, 3.63) is 29.0 Å². The van der Waals surface area contributed by atoms with Crippen LogP contribution in [-0.2, 0) is 9.59 Å². The number of carboxylic acids is 1. The molecule has 1 aliphatic carbocycles. The summed E-state index contributed by atoms with van der Waals surface area (Å²) in [5, 5.41) is 11.5. The minimum absolute atomic E-state index is 0.00460. The Morgan fingerprint density at radius 1 is 1.20 bits per heavy atom. The molecule has 1 aliphatic rings. The lowest BCUT2D eigenvalue weighted by Gasteiger charge is -2.25. The Morgan fingerprint density at radius 2 is 1.80 bits per heavy atom. The van der Waals surface area contributed by atoms with Crippen molar-refractivity contribution in [2.75, 3.05) is 5.32 Å². The van der Waals surface area contributed by atoms with Crippen LogP contribution < -0.4 is 5.32 Å². The molecule has 1 aromatic carbocycles. The number of carboxylic acid groups (broad SMARTS) is 1. The molecular weight excluding hydrogens is 285 g/mol. The first kappa shape index (κ1) is 14.8. The van der Waals surface area contributed by atoms with Gasteiger partial charge in [-0.15, -0.1) is 0 Å². The summed E-state index contributed by atoms with van der Waals surface area (Å²) in [4.78, 5) is 22.9. The Morgan fingerprint density at radius 3 is 2.35 bits per heavy atom. The number of anilines is 1. The summed E-state index contributed by atoms with van der Waals surface area (Å²) >= 11 is 5.57. The Balaban J connectivity index is 1.92. The first-order chi connectivity index (χ1) is 9.47. The first-order valence-corrected chi connectivity index (χ1v) is 6.84. The topological polar surface area (TPSA) is 66.4 Å². The maximum Gasteiger partial charge on any atom is 0.306 e. The number of hydrogen-bond acceptors (Lipinski definition) is 2. The number of rotatable bonds is 3. The number of carbonyl (C=O) groups is 2. The van der Waals surface area contributed by atoms with Crippen LogP contribution in [0.3, 0.4) is 0 Å². The second-order valence-electron chi connectivity index (χ2n) is 5.00. The molecule has 1 saturated carbocycles. The van der Waals surface area contributed by atoms with E-state index in [2.05, 4.69) is 5.32 Å². The zero-order chi connectivity index (χ0) is 14.7. The van der Waals surface area contributed by atoms with Crippen molar-refractivity contribution >= 4 is 29.2 Å². The van der Waals surface area contributed by atoms with Gasteiger partial charge in [0, 0.05) is 11.6 Å². The van der Waals surface area contributed by atoms with E-state index >= 15 is 0 Å². The van der Waals surface area contributed by atoms with E-state index in [4.69, 9.17) is 16.7 Å². The molecule has 0 saturated heterocycles. The zero-order valence-corrected chi connectivity index (χ0v) is 11.5. The van der Waals surface area contributed by atoms with Crippen LogP contribution in [0.5, 0.6) is 0 Å². The van der Waals surface area contributed by atoms with Crippen LogP contribution in [0.25, 0.3) is 0 Å². The van der Waals surface area contributed by atoms with Gasteiger partial charge >= 0.3 is 5.97 Å². The first-order valence-electron chi connectivity index (χ1n) is 6.46. The SMILES string of the molecule is O=C(O)C1CCC(C(=O)Nc2ccc(Cl)c(F)c2)CC1. The summed E-state index contributed by atoms with van der Waals surface area (Å²) in [5.41, 5.74) is 0.359. The van der Waals surface area contributed by atoms with Crippen molar-refractivity contribution in [2.24, 2.45) is 11.8 Å². The third-order valence-corrected chi connectivity index (χ3v) is 3.94. The molecule has 0 aliphatic heterocycles. The highest BCUT2D eigenvalue weighted by Gasteiger charge is 2.29. The summed E-state index contributed by atoms with van der Waals surface area (Å²) in [7, 11) is 0. The van der Waals surface area contributed by atoms with E-state index in [0.717, 1.165) is 0 Å². The molecular formula is C14H15ClFNO3. The van der Waals surface area contributed by atoms with E-state index < -0.39 is 11.8 Å². The summed E-state index contributed by atoms with van der Waals surface area (Å²) in [6.07, 6.45) is 2.09. The molecule has 6 heteroatoms. The quantitative estimate of drug-likeness (QED) is 0.900. The van der Waals surface area contributed by atoms with Crippen LogP contribution >= 0.6 is 11.6 Å². The lowest BCUT2D eigenvalue weighted by Crippen LogP contribution is -2.29. The summed E-state index contributed by atoms with van der Waals surface area (Å²) in [6.45, 7) is 0. The van der Waals surface area contributed by atoms with Gasteiger partial charge in [-0.2, -0.15) is 0 Å². The van der Waals surface area contributed by atoms with Crippen molar-refractivity contribution in [3.63, 3.8) is 0 Å². The van der Waals surface area contributed by atoms with Crippen LogP contribution in [0.4, 0.5) is 10.1 Å². The van der Waals surface area contributed by atoms with Crippen LogP contribution in [0.2, 0.25) is 5.02 Å². The molecule has 0 heterocycles. The number of amides is 1. The molecule has 108 valence electrons. The van der Waals surface area contributed by atoms with Crippen LogP contribution in [0, 0.1) is 17.7 Å². The molecule has 0 bridgehead atoms. The zero-order valence-electron chi connectivity index (χ0n) is 10.7. The fraction of sp³-hybridized carbons (Fsp3) is 0.429. The van der Waals surface area contributed by atoms with Gasteiger partial charge in [-0.25, -0.2) is 4.39 Å². The Labute approximate surface area is 120 Å². The van der Waals surface area contributed by atoms with E-state index in [0.29, 0.717) is 31.4 Å². The Kier molecular flexibility index (Phi) is 4.60. The van der Waals surface area contributed by atoms with E-state index in [1.54, 1.807) is 0 Å². The number of aliphatic carboxylic acids is 1. The van der Waals surface area contributed by atoms with Crippen LogP contribution in [-0.4, -0.2) is 17.0 Å². The average molecular weight is 300 g/mol. The number of benzene rings is 1. The fourth-order valence-electron chi connectivity index (χ4n) is 2.42. The Bertz CT molecular complexity index is 527. The molecule has 1 aromatic rings. The van der Waals surface area contributed by atoms with Crippen molar-refractivity contribution in [3.8, 4) is 0 Å². The molecule has 2 rings (SSSR count). The van der Waals surface area contributed by atoms with Crippen molar-refractivity contribution < 1.29 is 19.1 Å². The average Bonchev–Trinajstić information content (AvgIpc) is 2.43. The largest absolute Gasteiger partial charge is 0.481 e. The number of hydrogen-bond donors (Lipinski definition) is 2. The maximum absolute atomic E-state index is 13.3. The predicted molar refractivity (Wildman–Crippen MR) is 73.1 cm³/mol. The lowest BCUT2D eigenvalue weighted by atomic mass is 9.81. The second-order valence-corrected chi connectivity index (χ2v) is 5.41. The van der Waals surface area contributed by atoms with Gasteiger partial charge in [-0.3, -0.25) is 9.59 Å². The van der Waals surface area contributed by atoms with E-state index in [-0.39, 0.29) is 22.8 Å². The third-order valence-electron chi connectivity index (χ3n) is 3.63. The standard InChI is InChI=1S/C14H15ClFNO3/c15-11-6-5-10(7-12(11)16)17-13(18)8-1-3-9(4-2-8)14(19)20/h5-9H,1-4H2,(H,17,18)(H,19,20). The fourth-order valence-corrected chi connectivity index (χ4v) is 2.54. The maximum atomic E-state index is 13.3. The van der Waals surface area contributed by atoms with Gasteiger partial charge in [0.05, 0.1) is 10.9 Å². The predicted octanol–water partition coefficient (Wildman–Crippen LogP) is 3.31. The molecule has 1 amide bonds. The van der Waals surface area contributed by atoms with Crippen molar-refractivity contribution in [1.82, 2.24) is 0 Å². The van der Waals surface area contributed by atoms with Gasteiger partial charge in [0.1, 0.15) is 5.82 Å². The monoisotopic (exact) mass is 299 g/mol. The normalized spacial score (nSPS) is 22.3. The molecule has 2 N–H and O–H groups in total. The minimum Gasteiger partial charge on any atom is -0.481 e. The third kappa shape index (κ3) is 3.48. The van der Waals surface area contributed by atoms with Crippen molar-refractivity contribution in [2.45, 2.75) is 25.7 Å². The van der Waals surface area contributed by atoms with Crippen molar-refractivity contribution in [1.29, 1.82) is 0 Å². The van der Waals surface area contributed by atoms with Gasteiger partial charge < -0.3 is 10.4 Å². The van der Waals surface area contributed by atoms with Crippen LogP contribution in [0.15, 0.2) is 18.2 Å². The highest BCUT2D eigenvalue weighted by molar-refractivity contribution is 6.30. The molecule has 0 atom stereocenters. The molecule has 1 fully saturated rings. The van der Waals surface area contributed by atoms with Gasteiger partial charge in [0.25, 0.3) is 0 Å². The molecule has 0 spiro atoms. The van der Waals surface area contributed by atoms with E-state index in [1.165, 1.54) is 18.2 Å². The highest BCUT2D eigenvalue weighted by Crippen LogP contribution is 2.30. The molecule has 0 radical (unpaired) electrons. The van der Waals surface area contributed by atoms with Gasteiger partial charge in [0.2, 0.25) is 5.91 Å². The molecule has 4 nitrogen and oxygen atoms in total. The Hall–Kier alpha value is -1.62. The lowest BCUT2D eigenvalue weighted by molar-refractivity contribution is -0.143. The molecule has 20 heavy (non-hydrogen) atoms. The smallest absolute Gasteiger partial charge is 0.306 e. The molecule has 0 aromatic heterocycles. The number of halogens is 2. The second kappa shape index (κ2) is 6.22. The summed E-state index contributed by atoms with van der Waals surface area (Å²) in [5.74, 6) is -2.16. The summed E-state index contributed by atoms with van der Waals surface area (Å²) < 4.78 is 13.3. The molecule has 0 unspecified atom stereocenters. The van der Waals surface area contributed by atoms with Gasteiger partial charge in [-0.1, -0.05) is 11.6 Å². The van der Waals surface area contributed by atoms with E-state index in [1.807, 2.05) is 0 Å². The summed E-state index contributed by atoms with van der Waals surface area (Å²) in [6, 6.07) is 4.09.